The number of hydrogen-bond donors (Lipinski definition) is 1. The number of aromatic nitrogens is 1. The average molecular weight is 316 g/mol. The Morgan fingerprint density at radius 1 is 1.13 bits per heavy atom. The van der Waals surface area contributed by atoms with Crippen LogP contribution in [-0.2, 0) is 4.79 Å². The van der Waals surface area contributed by atoms with Crippen molar-refractivity contribution in [1.29, 1.82) is 0 Å². The third kappa shape index (κ3) is 3.46. The number of hydrogen-bond acceptors (Lipinski definition) is 4. The molecule has 1 saturated heterocycles. The van der Waals surface area contributed by atoms with Gasteiger partial charge in [0.1, 0.15) is 5.82 Å². The number of pyridine rings is 1. The number of nitrogens with one attached hydrogen (secondary N) is 1. The molecule has 2 aliphatic rings. The molecule has 1 aromatic heterocycles. The van der Waals surface area contributed by atoms with E-state index in [9.17, 15) is 9.59 Å². The van der Waals surface area contributed by atoms with Gasteiger partial charge in [0.25, 0.3) is 5.91 Å². The number of anilines is 1. The van der Waals surface area contributed by atoms with E-state index in [0.29, 0.717) is 31.0 Å². The Morgan fingerprint density at radius 3 is 2.57 bits per heavy atom. The molecule has 0 radical (unpaired) electrons. The van der Waals surface area contributed by atoms with Crippen LogP contribution < -0.4 is 5.32 Å². The van der Waals surface area contributed by atoms with Gasteiger partial charge in [0, 0.05) is 50.9 Å². The van der Waals surface area contributed by atoms with E-state index >= 15 is 0 Å². The Bertz CT molecular complexity index is 586. The molecule has 3 rings (SSSR count). The minimum absolute atomic E-state index is 0.0156. The highest BCUT2D eigenvalue weighted by molar-refractivity contribution is 5.95. The standard InChI is InChI=1S/C17H24N4O2/c1-18-15-12-14(6-7-19-15)17(23)21-9-3-8-20(10-11-21)16(22)13-4-2-5-13/h6-7,12-13H,2-5,8-11H2,1H3,(H,18,19). The second kappa shape index (κ2) is 6.98. The molecule has 6 heteroatoms. The van der Waals surface area contributed by atoms with E-state index < -0.39 is 0 Å². The predicted molar refractivity (Wildman–Crippen MR) is 88.2 cm³/mol. The molecule has 1 saturated carbocycles. The summed E-state index contributed by atoms with van der Waals surface area (Å²) in [6.45, 7) is 2.71. The van der Waals surface area contributed by atoms with E-state index in [-0.39, 0.29) is 17.7 Å². The van der Waals surface area contributed by atoms with Gasteiger partial charge in [-0.15, -0.1) is 0 Å². The van der Waals surface area contributed by atoms with Crippen LogP contribution in [0.4, 0.5) is 5.82 Å². The van der Waals surface area contributed by atoms with Crippen molar-refractivity contribution >= 4 is 17.6 Å². The summed E-state index contributed by atoms with van der Waals surface area (Å²) in [5, 5.41) is 2.95. The number of rotatable bonds is 3. The van der Waals surface area contributed by atoms with Crippen LogP contribution in [0.15, 0.2) is 18.3 Å². The van der Waals surface area contributed by atoms with E-state index in [1.165, 1.54) is 6.42 Å². The van der Waals surface area contributed by atoms with Crippen molar-refractivity contribution in [3.63, 3.8) is 0 Å². The molecular formula is C17H24N4O2. The zero-order valence-corrected chi connectivity index (χ0v) is 13.6. The zero-order chi connectivity index (χ0) is 16.2. The molecule has 0 aromatic carbocycles. The average Bonchev–Trinajstić information content (AvgIpc) is 2.78. The third-order valence-corrected chi connectivity index (χ3v) is 4.81. The van der Waals surface area contributed by atoms with E-state index in [2.05, 4.69) is 10.3 Å². The summed E-state index contributed by atoms with van der Waals surface area (Å²) in [7, 11) is 1.78. The largest absolute Gasteiger partial charge is 0.373 e. The fourth-order valence-electron chi connectivity index (χ4n) is 3.14. The van der Waals surface area contributed by atoms with E-state index in [4.69, 9.17) is 0 Å². The summed E-state index contributed by atoms with van der Waals surface area (Å²) in [5.41, 5.74) is 0.642. The number of carbonyl (C=O) groups is 2. The SMILES string of the molecule is CNc1cc(C(=O)N2CCCN(C(=O)C3CCC3)CC2)ccn1. The molecule has 23 heavy (non-hydrogen) atoms. The summed E-state index contributed by atoms with van der Waals surface area (Å²) >= 11 is 0. The number of amides is 2. The highest BCUT2D eigenvalue weighted by Crippen LogP contribution is 2.28. The molecule has 2 fully saturated rings. The van der Waals surface area contributed by atoms with Gasteiger partial charge in [-0.1, -0.05) is 6.42 Å². The molecule has 1 N–H and O–H groups in total. The van der Waals surface area contributed by atoms with Gasteiger partial charge < -0.3 is 15.1 Å². The fourth-order valence-corrected chi connectivity index (χ4v) is 3.14. The van der Waals surface area contributed by atoms with Gasteiger partial charge in [-0.2, -0.15) is 0 Å². The number of carbonyl (C=O) groups excluding carboxylic acids is 2. The lowest BCUT2D eigenvalue weighted by Crippen LogP contribution is -2.41. The van der Waals surface area contributed by atoms with Gasteiger partial charge in [-0.05, 0) is 31.4 Å². The van der Waals surface area contributed by atoms with Crippen molar-refractivity contribution in [2.24, 2.45) is 5.92 Å². The minimum atomic E-state index is 0.0156. The van der Waals surface area contributed by atoms with Gasteiger partial charge in [-0.25, -0.2) is 4.98 Å². The van der Waals surface area contributed by atoms with Gasteiger partial charge in [0.05, 0.1) is 0 Å². The maximum atomic E-state index is 12.7. The van der Waals surface area contributed by atoms with Gasteiger partial charge in [0.15, 0.2) is 0 Å². The van der Waals surface area contributed by atoms with Crippen LogP contribution in [-0.4, -0.2) is 59.8 Å². The van der Waals surface area contributed by atoms with Crippen molar-refractivity contribution in [2.75, 3.05) is 38.5 Å². The number of nitrogens with zero attached hydrogens (tertiary/aromatic N) is 3. The van der Waals surface area contributed by atoms with Gasteiger partial charge in [-0.3, -0.25) is 9.59 Å². The summed E-state index contributed by atoms with van der Waals surface area (Å²) in [6.07, 6.45) is 5.71. The second-order valence-corrected chi connectivity index (χ2v) is 6.28. The molecule has 1 aromatic rings. The van der Waals surface area contributed by atoms with Crippen molar-refractivity contribution in [2.45, 2.75) is 25.7 Å². The Hall–Kier alpha value is -2.11. The molecular weight excluding hydrogens is 292 g/mol. The smallest absolute Gasteiger partial charge is 0.254 e. The van der Waals surface area contributed by atoms with Crippen LogP contribution in [0.1, 0.15) is 36.0 Å². The lowest BCUT2D eigenvalue weighted by Gasteiger charge is -2.31. The van der Waals surface area contributed by atoms with Crippen LogP contribution in [0.25, 0.3) is 0 Å². The van der Waals surface area contributed by atoms with Crippen LogP contribution in [0.3, 0.4) is 0 Å². The molecule has 0 unspecified atom stereocenters. The van der Waals surface area contributed by atoms with Crippen LogP contribution >= 0.6 is 0 Å². The molecule has 0 spiro atoms. The predicted octanol–water partition coefficient (Wildman–Crippen LogP) is 1.60. The third-order valence-electron chi connectivity index (χ3n) is 4.81. The van der Waals surface area contributed by atoms with Crippen molar-refractivity contribution < 1.29 is 9.59 Å². The molecule has 1 aliphatic heterocycles. The maximum Gasteiger partial charge on any atom is 0.254 e. The second-order valence-electron chi connectivity index (χ2n) is 6.28. The summed E-state index contributed by atoms with van der Waals surface area (Å²) in [5.74, 6) is 1.22. The monoisotopic (exact) mass is 316 g/mol. The van der Waals surface area contributed by atoms with Crippen molar-refractivity contribution in [3.8, 4) is 0 Å². The maximum absolute atomic E-state index is 12.7. The first-order valence-corrected chi connectivity index (χ1v) is 8.41. The molecule has 6 nitrogen and oxygen atoms in total. The normalized spacial score (nSPS) is 19.0. The first kappa shape index (κ1) is 15.8. The Balaban J connectivity index is 1.62. The Morgan fingerprint density at radius 2 is 1.87 bits per heavy atom. The Kier molecular flexibility index (Phi) is 4.79. The quantitative estimate of drug-likeness (QED) is 0.920. The highest BCUT2D eigenvalue weighted by atomic mass is 16.2. The molecule has 0 atom stereocenters. The summed E-state index contributed by atoms with van der Waals surface area (Å²) in [6, 6.07) is 3.51. The molecule has 1 aliphatic carbocycles. The molecule has 0 bridgehead atoms. The first-order valence-electron chi connectivity index (χ1n) is 8.41. The molecule has 2 heterocycles. The summed E-state index contributed by atoms with van der Waals surface area (Å²) in [4.78, 5) is 33.0. The van der Waals surface area contributed by atoms with Crippen LogP contribution in [0, 0.1) is 5.92 Å². The lowest BCUT2D eigenvalue weighted by molar-refractivity contribution is -0.138. The Labute approximate surface area is 136 Å². The molecule has 124 valence electrons. The van der Waals surface area contributed by atoms with Gasteiger partial charge in [0.2, 0.25) is 5.91 Å². The fraction of sp³-hybridized carbons (Fsp3) is 0.588. The van der Waals surface area contributed by atoms with Crippen molar-refractivity contribution in [3.05, 3.63) is 23.9 Å². The topological polar surface area (TPSA) is 65.5 Å². The van der Waals surface area contributed by atoms with E-state index in [1.54, 1.807) is 25.4 Å². The van der Waals surface area contributed by atoms with E-state index in [1.807, 2.05) is 9.80 Å². The highest BCUT2D eigenvalue weighted by Gasteiger charge is 2.31. The molecule has 2 amide bonds. The van der Waals surface area contributed by atoms with E-state index in [0.717, 1.165) is 25.8 Å². The van der Waals surface area contributed by atoms with Crippen molar-refractivity contribution in [1.82, 2.24) is 14.8 Å². The van der Waals surface area contributed by atoms with Crippen LogP contribution in [0.2, 0.25) is 0 Å². The van der Waals surface area contributed by atoms with Crippen LogP contribution in [0.5, 0.6) is 0 Å². The lowest BCUT2D eigenvalue weighted by atomic mass is 9.84. The summed E-state index contributed by atoms with van der Waals surface area (Å²) < 4.78 is 0. The van der Waals surface area contributed by atoms with Gasteiger partial charge >= 0.3 is 0 Å². The zero-order valence-electron chi connectivity index (χ0n) is 13.6. The minimum Gasteiger partial charge on any atom is -0.373 e. The first-order chi connectivity index (χ1) is 11.2.